The number of aromatic nitrogens is 3. The molecule has 2 fully saturated rings. The molecule has 3 aliphatic rings. The Labute approximate surface area is 213 Å². The number of hydrogen-bond acceptors (Lipinski definition) is 8. The third kappa shape index (κ3) is 4.39. The van der Waals surface area contributed by atoms with Gasteiger partial charge in [-0.15, -0.1) is 0 Å². The van der Waals surface area contributed by atoms with Gasteiger partial charge in [0.25, 0.3) is 0 Å². The van der Waals surface area contributed by atoms with Crippen LogP contribution in [0.2, 0.25) is 0 Å². The van der Waals surface area contributed by atoms with E-state index in [9.17, 15) is 13.2 Å². The van der Waals surface area contributed by atoms with Crippen LogP contribution in [0.5, 0.6) is 0 Å². The predicted octanol–water partition coefficient (Wildman–Crippen LogP) is 4.69. The quantitative estimate of drug-likeness (QED) is 0.486. The normalized spacial score (nSPS) is 22.3. The van der Waals surface area contributed by atoms with Gasteiger partial charge < -0.3 is 25.6 Å². The predicted molar refractivity (Wildman–Crippen MR) is 137 cm³/mol. The number of pyridine rings is 1. The molecule has 6 rings (SSSR count). The van der Waals surface area contributed by atoms with Gasteiger partial charge in [0.05, 0.1) is 35.3 Å². The van der Waals surface area contributed by atoms with Gasteiger partial charge in [0.2, 0.25) is 0 Å². The summed E-state index contributed by atoms with van der Waals surface area (Å²) in [6.07, 6.45) is -1.25. The van der Waals surface area contributed by atoms with Crippen molar-refractivity contribution in [2.24, 2.45) is 0 Å². The van der Waals surface area contributed by atoms with Crippen molar-refractivity contribution >= 4 is 34.0 Å². The van der Waals surface area contributed by atoms with E-state index < -0.39 is 17.8 Å². The molecule has 0 saturated carbocycles. The van der Waals surface area contributed by atoms with E-state index in [1.807, 2.05) is 0 Å². The van der Waals surface area contributed by atoms with E-state index in [-0.39, 0.29) is 11.7 Å². The summed E-state index contributed by atoms with van der Waals surface area (Å²) >= 11 is 0. The second kappa shape index (κ2) is 8.90. The molecule has 3 N–H and O–H groups in total. The standard InChI is InChI=1S/C26H30F3N7O/c1-14(16-8-17(26(27,28)29)10-18(30)9-16)31-23-21-11-22-25(34-24(21)33-15(2)32-23)35-6-3-4-19(35)12-36(22)20-5-7-37-13-20/h8-11,14,19-20H,3-7,12-13,30H2,1-2H3,(H,31,32,33,34)/t14-,19?,20?/m1/s1. The van der Waals surface area contributed by atoms with Crippen LogP contribution in [0.4, 0.5) is 36.2 Å². The Bertz CT molecular complexity index is 1340. The molecular formula is C26H30F3N7O. The maximum atomic E-state index is 13.4. The maximum absolute atomic E-state index is 13.4. The van der Waals surface area contributed by atoms with Crippen LogP contribution in [-0.2, 0) is 10.9 Å². The molecule has 0 amide bonds. The molecule has 0 radical (unpaired) electrons. The number of ether oxygens (including phenoxy) is 1. The fourth-order valence-electron chi connectivity index (χ4n) is 5.80. The molecule has 2 unspecified atom stereocenters. The summed E-state index contributed by atoms with van der Waals surface area (Å²) in [5.74, 6) is 2.01. The number of fused-ring (bicyclic) bond motifs is 4. The molecule has 0 bridgehead atoms. The van der Waals surface area contributed by atoms with E-state index in [4.69, 9.17) is 15.5 Å². The van der Waals surface area contributed by atoms with Crippen molar-refractivity contribution in [1.29, 1.82) is 0 Å². The number of anilines is 4. The molecule has 3 aromatic rings. The number of benzene rings is 1. The highest BCUT2D eigenvalue weighted by molar-refractivity contribution is 5.93. The van der Waals surface area contributed by atoms with Crippen LogP contribution in [0.25, 0.3) is 11.0 Å². The van der Waals surface area contributed by atoms with Gasteiger partial charge in [-0.05, 0) is 62.9 Å². The fraction of sp³-hybridized carbons (Fsp3) is 0.500. The second-order valence-electron chi connectivity index (χ2n) is 10.2. The van der Waals surface area contributed by atoms with Gasteiger partial charge in [-0.2, -0.15) is 13.2 Å². The van der Waals surface area contributed by atoms with Gasteiger partial charge >= 0.3 is 6.18 Å². The zero-order valence-electron chi connectivity index (χ0n) is 20.8. The van der Waals surface area contributed by atoms with Crippen LogP contribution in [0.15, 0.2) is 24.3 Å². The van der Waals surface area contributed by atoms with E-state index in [0.717, 1.165) is 68.0 Å². The Morgan fingerprint density at radius 3 is 2.68 bits per heavy atom. The van der Waals surface area contributed by atoms with Gasteiger partial charge in [-0.25, -0.2) is 15.0 Å². The van der Waals surface area contributed by atoms with Crippen LogP contribution < -0.4 is 20.9 Å². The number of nitrogen functional groups attached to an aromatic ring is 1. The first-order valence-corrected chi connectivity index (χ1v) is 12.7. The first kappa shape index (κ1) is 24.0. The summed E-state index contributed by atoms with van der Waals surface area (Å²) < 4.78 is 45.9. The first-order chi connectivity index (χ1) is 17.7. The smallest absolute Gasteiger partial charge is 0.399 e. The number of nitrogens with one attached hydrogen (secondary N) is 1. The zero-order chi connectivity index (χ0) is 25.9. The number of nitrogens with zero attached hydrogens (tertiary/aromatic N) is 5. The molecule has 0 aliphatic carbocycles. The minimum atomic E-state index is -4.48. The summed E-state index contributed by atoms with van der Waals surface area (Å²) in [5.41, 5.74) is 7.13. The summed E-state index contributed by atoms with van der Waals surface area (Å²) in [6.45, 7) is 6.91. The number of aryl methyl sites for hydroxylation is 1. The SMILES string of the molecule is Cc1nc(N[C@H](C)c2cc(N)cc(C(F)(F)F)c2)c2cc3c(nc2n1)N1CCCC1CN3C1CCOC1. The topological polar surface area (TPSA) is 92.4 Å². The average Bonchev–Trinajstić information content (AvgIpc) is 3.54. The molecule has 0 spiro atoms. The van der Waals surface area contributed by atoms with Crippen molar-refractivity contribution in [2.75, 3.05) is 47.2 Å². The van der Waals surface area contributed by atoms with E-state index in [1.165, 1.54) is 0 Å². The Morgan fingerprint density at radius 2 is 1.92 bits per heavy atom. The van der Waals surface area contributed by atoms with Crippen LogP contribution in [0.3, 0.4) is 0 Å². The molecule has 2 aromatic heterocycles. The number of nitrogens with two attached hydrogens (primary N) is 1. The van der Waals surface area contributed by atoms with E-state index in [2.05, 4.69) is 31.2 Å². The number of hydrogen-bond donors (Lipinski definition) is 2. The molecule has 5 heterocycles. The number of halogens is 3. The third-order valence-electron chi connectivity index (χ3n) is 7.63. The van der Waals surface area contributed by atoms with E-state index in [0.29, 0.717) is 35.5 Å². The Morgan fingerprint density at radius 1 is 1.08 bits per heavy atom. The van der Waals surface area contributed by atoms with E-state index in [1.54, 1.807) is 19.9 Å². The summed E-state index contributed by atoms with van der Waals surface area (Å²) in [6, 6.07) is 5.93. The fourth-order valence-corrected chi connectivity index (χ4v) is 5.80. The van der Waals surface area contributed by atoms with Crippen LogP contribution in [-0.4, -0.2) is 53.3 Å². The monoisotopic (exact) mass is 513 g/mol. The molecule has 3 atom stereocenters. The number of rotatable bonds is 4. The van der Waals surface area contributed by atoms with Crippen molar-refractivity contribution in [1.82, 2.24) is 15.0 Å². The molecule has 11 heteroatoms. The molecule has 8 nitrogen and oxygen atoms in total. The highest BCUT2D eigenvalue weighted by Crippen LogP contribution is 2.42. The summed E-state index contributed by atoms with van der Waals surface area (Å²) in [7, 11) is 0. The first-order valence-electron chi connectivity index (χ1n) is 12.7. The van der Waals surface area contributed by atoms with Gasteiger partial charge in [0.1, 0.15) is 11.6 Å². The van der Waals surface area contributed by atoms with Crippen LogP contribution in [0.1, 0.15) is 49.2 Å². The number of alkyl halides is 3. The van der Waals surface area contributed by atoms with Crippen LogP contribution >= 0.6 is 0 Å². The highest BCUT2D eigenvalue weighted by Gasteiger charge is 2.39. The van der Waals surface area contributed by atoms with Gasteiger partial charge in [0, 0.05) is 31.4 Å². The van der Waals surface area contributed by atoms with Crippen LogP contribution in [0, 0.1) is 6.92 Å². The largest absolute Gasteiger partial charge is 0.416 e. The molecule has 2 saturated heterocycles. The zero-order valence-corrected chi connectivity index (χ0v) is 20.8. The molecular weight excluding hydrogens is 483 g/mol. The third-order valence-corrected chi connectivity index (χ3v) is 7.63. The lowest BCUT2D eigenvalue weighted by Gasteiger charge is -2.43. The lowest BCUT2D eigenvalue weighted by Crippen LogP contribution is -2.50. The highest BCUT2D eigenvalue weighted by atomic mass is 19.4. The molecule has 196 valence electrons. The Balaban J connectivity index is 1.42. The second-order valence-corrected chi connectivity index (χ2v) is 10.2. The Kier molecular flexibility index (Phi) is 5.78. The lowest BCUT2D eigenvalue weighted by atomic mass is 10.0. The Hall–Kier alpha value is -3.34. The van der Waals surface area contributed by atoms with Crippen molar-refractivity contribution in [2.45, 2.75) is 57.4 Å². The summed E-state index contributed by atoms with van der Waals surface area (Å²) in [5, 5.41) is 4.05. The minimum Gasteiger partial charge on any atom is -0.399 e. The molecule has 37 heavy (non-hydrogen) atoms. The van der Waals surface area contributed by atoms with Crippen molar-refractivity contribution in [3.8, 4) is 0 Å². The van der Waals surface area contributed by atoms with Gasteiger partial charge in [0.15, 0.2) is 11.5 Å². The van der Waals surface area contributed by atoms with E-state index >= 15 is 0 Å². The maximum Gasteiger partial charge on any atom is 0.416 e. The lowest BCUT2D eigenvalue weighted by molar-refractivity contribution is -0.137. The van der Waals surface area contributed by atoms with Crippen molar-refractivity contribution in [3.63, 3.8) is 0 Å². The van der Waals surface area contributed by atoms with Crippen molar-refractivity contribution < 1.29 is 17.9 Å². The van der Waals surface area contributed by atoms with Crippen molar-refractivity contribution in [3.05, 3.63) is 41.2 Å². The van der Waals surface area contributed by atoms with Gasteiger partial charge in [-0.3, -0.25) is 0 Å². The molecule has 1 aromatic carbocycles. The molecule has 3 aliphatic heterocycles. The minimum absolute atomic E-state index is 0.0625. The average molecular weight is 514 g/mol. The summed E-state index contributed by atoms with van der Waals surface area (Å²) in [4.78, 5) is 19.1. The van der Waals surface area contributed by atoms with Gasteiger partial charge in [-0.1, -0.05) is 0 Å².